The number of benzene rings is 2. The molecule has 1 fully saturated rings. The normalized spacial score (nSPS) is 14.5. The number of carbonyl (C=O) groups excluding carboxylic acids is 1. The molecule has 0 saturated carbocycles. The number of hydrogen-bond acceptors (Lipinski definition) is 5. The molecule has 1 aliphatic heterocycles. The predicted octanol–water partition coefficient (Wildman–Crippen LogP) is 4.03. The Hall–Kier alpha value is -3.41. The van der Waals surface area contributed by atoms with Gasteiger partial charge in [-0.3, -0.25) is 4.79 Å². The number of rotatable bonds is 6. The maximum atomic E-state index is 13.6. The second kappa shape index (κ2) is 9.60. The van der Waals surface area contributed by atoms with Gasteiger partial charge in [-0.1, -0.05) is 60.7 Å². The van der Waals surface area contributed by atoms with E-state index in [1.807, 2.05) is 65.6 Å². The molecule has 1 aromatic heterocycles. The van der Waals surface area contributed by atoms with Crippen LogP contribution in [-0.4, -0.2) is 48.1 Å². The third-order valence-corrected chi connectivity index (χ3v) is 5.80. The monoisotopic (exact) mass is 417 g/mol. The average Bonchev–Trinajstić information content (AvgIpc) is 2.85. The van der Waals surface area contributed by atoms with E-state index in [9.17, 15) is 4.79 Å². The summed E-state index contributed by atoms with van der Waals surface area (Å²) in [7, 11) is 3.17. The van der Waals surface area contributed by atoms with E-state index in [-0.39, 0.29) is 17.7 Å². The summed E-state index contributed by atoms with van der Waals surface area (Å²) in [6, 6.07) is 21.7. The summed E-state index contributed by atoms with van der Waals surface area (Å²) in [6.45, 7) is 1.34. The molecule has 0 radical (unpaired) electrons. The van der Waals surface area contributed by atoms with Crippen molar-refractivity contribution >= 4 is 5.91 Å². The van der Waals surface area contributed by atoms with Crippen molar-refractivity contribution in [1.29, 1.82) is 0 Å². The lowest BCUT2D eigenvalue weighted by atomic mass is 9.88. The molecule has 6 heteroatoms. The molecule has 1 aliphatic rings. The third kappa shape index (κ3) is 4.68. The minimum absolute atomic E-state index is 0.139. The van der Waals surface area contributed by atoms with Crippen molar-refractivity contribution in [3.63, 3.8) is 0 Å². The molecule has 31 heavy (non-hydrogen) atoms. The topological polar surface area (TPSA) is 64.6 Å². The van der Waals surface area contributed by atoms with Crippen molar-refractivity contribution in [2.75, 3.05) is 27.3 Å². The van der Waals surface area contributed by atoms with E-state index < -0.39 is 0 Å². The van der Waals surface area contributed by atoms with E-state index in [4.69, 9.17) is 9.47 Å². The average molecular weight is 418 g/mol. The Morgan fingerprint density at radius 2 is 1.35 bits per heavy atom. The van der Waals surface area contributed by atoms with Crippen molar-refractivity contribution in [1.82, 2.24) is 14.9 Å². The number of hydrogen-bond donors (Lipinski definition) is 0. The van der Waals surface area contributed by atoms with Crippen LogP contribution in [0.2, 0.25) is 0 Å². The second-order valence-electron chi connectivity index (χ2n) is 7.66. The molecule has 1 saturated heterocycles. The van der Waals surface area contributed by atoms with Gasteiger partial charge in [0.1, 0.15) is 5.82 Å². The maximum absolute atomic E-state index is 13.6. The summed E-state index contributed by atoms with van der Waals surface area (Å²) in [4.78, 5) is 24.6. The number of likely N-dealkylation sites (tertiary alicyclic amines) is 1. The molecule has 0 N–H and O–H groups in total. The van der Waals surface area contributed by atoms with Crippen LogP contribution in [0.4, 0.5) is 0 Å². The highest BCUT2D eigenvalue weighted by atomic mass is 16.5. The van der Waals surface area contributed by atoms with Gasteiger partial charge in [-0.25, -0.2) is 0 Å². The van der Waals surface area contributed by atoms with Gasteiger partial charge in [-0.15, -0.1) is 0 Å². The number of methoxy groups -OCH3 is 2. The molecule has 6 nitrogen and oxygen atoms in total. The van der Waals surface area contributed by atoms with Crippen LogP contribution in [0.15, 0.2) is 66.7 Å². The largest absolute Gasteiger partial charge is 0.481 e. The van der Waals surface area contributed by atoms with E-state index in [1.54, 1.807) is 20.3 Å². The molecule has 2 aromatic carbocycles. The lowest BCUT2D eigenvalue weighted by molar-refractivity contribution is -0.133. The van der Waals surface area contributed by atoms with Gasteiger partial charge in [0.25, 0.3) is 0 Å². The molecule has 0 aliphatic carbocycles. The fraction of sp³-hybridized carbons (Fsp3) is 0.320. The van der Waals surface area contributed by atoms with E-state index >= 15 is 0 Å². The first-order valence-corrected chi connectivity index (χ1v) is 10.5. The Kier molecular flexibility index (Phi) is 6.46. The van der Waals surface area contributed by atoms with Crippen LogP contribution in [-0.2, 0) is 4.79 Å². The van der Waals surface area contributed by atoms with Crippen molar-refractivity contribution < 1.29 is 14.3 Å². The van der Waals surface area contributed by atoms with E-state index in [1.165, 1.54) is 0 Å². The van der Waals surface area contributed by atoms with Crippen LogP contribution >= 0.6 is 0 Å². The Morgan fingerprint density at radius 3 is 1.81 bits per heavy atom. The summed E-state index contributed by atoms with van der Waals surface area (Å²) in [6.07, 6.45) is 1.61. The fourth-order valence-corrected chi connectivity index (χ4v) is 4.12. The third-order valence-electron chi connectivity index (χ3n) is 5.80. The first-order valence-electron chi connectivity index (χ1n) is 10.5. The van der Waals surface area contributed by atoms with Gasteiger partial charge in [-0.2, -0.15) is 9.97 Å². The molecule has 160 valence electrons. The lowest BCUT2D eigenvalue weighted by Crippen LogP contribution is -2.41. The first-order chi connectivity index (χ1) is 15.2. The van der Waals surface area contributed by atoms with Crippen LogP contribution in [0.1, 0.15) is 41.6 Å². The number of nitrogens with zero attached hydrogens (tertiary/aromatic N) is 3. The molecule has 3 aromatic rings. The lowest BCUT2D eigenvalue weighted by Gasteiger charge is -2.34. The number of piperidine rings is 1. The van der Waals surface area contributed by atoms with E-state index in [2.05, 4.69) is 9.97 Å². The Balaban J connectivity index is 1.51. The molecule has 2 heterocycles. The molecule has 1 amide bonds. The zero-order chi connectivity index (χ0) is 21.6. The zero-order valence-corrected chi connectivity index (χ0v) is 17.9. The summed E-state index contributed by atoms with van der Waals surface area (Å²) in [5.41, 5.74) is 2.03. The van der Waals surface area contributed by atoms with Crippen LogP contribution < -0.4 is 9.47 Å². The van der Waals surface area contributed by atoms with E-state index in [0.29, 0.717) is 30.7 Å². The number of carbonyl (C=O) groups is 1. The predicted molar refractivity (Wildman–Crippen MR) is 118 cm³/mol. The van der Waals surface area contributed by atoms with Crippen LogP contribution in [0, 0.1) is 0 Å². The molecule has 0 spiro atoms. The van der Waals surface area contributed by atoms with Gasteiger partial charge < -0.3 is 14.4 Å². The van der Waals surface area contributed by atoms with Crippen LogP contribution in [0.5, 0.6) is 11.8 Å². The van der Waals surface area contributed by atoms with Gasteiger partial charge in [0.05, 0.1) is 26.2 Å². The van der Waals surface area contributed by atoms with Crippen molar-refractivity contribution in [3.8, 4) is 11.8 Å². The second-order valence-corrected chi connectivity index (χ2v) is 7.66. The molecule has 0 atom stereocenters. The van der Waals surface area contributed by atoms with Crippen LogP contribution in [0.3, 0.4) is 0 Å². The summed E-state index contributed by atoms with van der Waals surface area (Å²) < 4.78 is 10.6. The summed E-state index contributed by atoms with van der Waals surface area (Å²) >= 11 is 0. The highest BCUT2D eigenvalue weighted by Gasteiger charge is 2.31. The molecular weight excluding hydrogens is 390 g/mol. The maximum Gasteiger partial charge on any atom is 0.234 e. The van der Waals surface area contributed by atoms with Crippen molar-refractivity contribution in [3.05, 3.63) is 83.7 Å². The summed E-state index contributed by atoms with van der Waals surface area (Å²) in [5, 5.41) is 0. The zero-order valence-electron chi connectivity index (χ0n) is 17.9. The highest BCUT2D eigenvalue weighted by Crippen LogP contribution is 2.32. The molecule has 0 bridgehead atoms. The fourth-order valence-electron chi connectivity index (χ4n) is 4.12. The smallest absolute Gasteiger partial charge is 0.234 e. The standard InChI is InChI=1S/C25H27N3O3/c1-30-21-17-22(31-2)27-24(26-21)20-13-15-28(16-14-20)25(29)23(18-9-5-3-6-10-18)19-11-7-4-8-12-19/h3-12,17,20,23H,13-16H2,1-2H3. The van der Waals surface area contributed by atoms with Gasteiger partial charge in [0.15, 0.2) is 0 Å². The SMILES string of the molecule is COc1cc(OC)nc(C2CCN(C(=O)C(c3ccccc3)c3ccccc3)CC2)n1. The minimum Gasteiger partial charge on any atom is -0.481 e. The summed E-state index contributed by atoms with van der Waals surface area (Å²) in [5.74, 6) is 1.71. The van der Waals surface area contributed by atoms with Gasteiger partial charge in [0.2, 0.25) is 17.7 Å². The highest BCUT2D eigenvalue weighted by molar-refractivity contribution is 5.87. The van der Waals surface area contributed by atoms with Gasteiger partial charge >= 0.3 is 0 Å². The Bertz CT molecular complexity index is 941. The van der Waals surface area contributed by atoms with Crippen molar-refractivity contribution in [2.45, 2.75) is 24.7 Å². The molecule has 4 rings (SSSR count). The van der Waals surface area contributed by atoms with E-state index in [0.717, 1.165) is 24.0 Å². The molecular formula is C25H27N3O3. The number of ether oxygens (including phenoxy) is 2. The first kappa shape index (κ1) is 20.8. The van der Waals surface area contributed by atoms with Crippen molar-refractivity contribution in [2.24, 2.45) is 0 Å². The number of aromatic nitrogens is 2. The quantitative estimate of drug-likeness (QED) is 0.606. The molecule has 0 unspecified atom stereocenters. The number of amides is 1. The van der Waals surface area contributed by atoms with Gasteiger partial charge in [0, 0.05) is 19.0 Å². The Labute approximate surface area is 182 Å². The van der Waals surface area contributed by atoms with Crippen LogP contribution in [0.25, 0.3) is 0 Å². The minimum atomic E-state index is -0.299. The Morgan fingerprint density at radius 1 is 0.871 bits per heavy atom. The van der Waals surface area contributed by atoms with Gasteiger partial charge in [-0.05, 0) is 24.0 Å².